The number of rotatable bonds is 3. The Morgan fingerprint density at radius 2 is 2.00 bits per heavy atom. The molecule has 1 aliphatic heterocycles. The Morgan fingerprint density at radius 3 is 2.83 bits per heavy atom. The van der Waals surface area contributed by atoms with Gasteiger partial charge in [0, 0.05) is 13.1 Å². The largest absolute Gasteiger partial charge is 0.420 e. The van der Waals surface area contributed by atoms with Crippen molar-refractivity contribution < 1.29 is 18.5 Å². The second kappa shape index (κ2) is 5.93. The highest BCUT2D eigenvalue weighted by Crippen LogP contribution is 2.13. The monoisotopic (exact) mass is 330 g/mol. The van der Waals surface area contributed by atoms with Gasteiger partial charge in [0.05, 0.1) is 25.3 Å². The van der Waals surface area contributed by atoms with Crippen molar-refractivity contribution in [3.63, 3.8) is 0 Å². The summed E-state index contributed by atoms with van der Waals surface area (Å²) in [6.07, 6.45) is 0. The smallest absolute Gasteiger partial charge is 0.408 e. The molecule has 0 atom stereocenters. The molecule has 124 valence electrons. The number of morpholine rings is 1. The van der Waals surface area contributed by atoms with Gasteiger partial charge in [-0.3, -0.25) is 9.36 Å². The standard InChI is InChI=1S/C15H14N4O5/c20-14(18-5-7-22-8-6-18)13-16-12(17-24-13)9-19-10-3-1-2-4-11(10)23-15(19)21/h1-4H,5-9H2. The highest BCUT2D eigenvalue weighted by molar-refractivity contribution is 5.89. The minimum absolute atomic E-state index is 0.0652. The minimum atomic E-state index is -0.512. The number of carbonyl (C=O) groups is 1. The molecule has 4 rings (SSSR count). The topological polar surface area (TPSA) is 104 Å². The summed E-state index contributed by atoms with van der Waals surface area (Å²) < 4.78 is 16.8. The molecule has 0 N–H and O–H groups in total. The van der Waals surface area contributed by atoms with E-state index in [-0.39, 0.29) is 24.2 Å². The number of aromatic nitrogens is 3. The Hall–Kier alpha value is -2.94. The molecule has 0 unspecified atom stereocenters. The van der Waals surface area contributed by atoms with Crippen molar-refractivity contribution in [3.8, 4) is 0 Å². The highest BCUT2D eigenvalue weighted by atomic mass is 16.5. The molecule has 1 fully saturated rings. The van der Waals surface area contributed by atoms with Crippen LogP contribution in [-0.4, -0.2) is 51.8 Å². The molecule has 24 heavy (non-hydrogen) atoms. The first kappa shape index (κ1) is 14.6. The average Bonchev–Trinajstić information content (AvgIpc) is 3.21. The lowest BCUT2D eigenvalue weighted by atomic mass is 10.3. The van der Waals surface area contributed by atoms with Gasteiger partial charge in [-0.25, -0.2) is 4.79 Å². The summed E-state index contributed by atoms with van der Waals surface area (Å²) in [7, 11) is 0. The van der Waals surface area contributed by atoms with E-state index in [1.165, 1.54) is 4.57 Å². The zero-order valence-electron chi connectivity index (χ0n) is 12.7. The lowest BCUT2D eigenvalue weighted by Gasteiger charge is -2.25. The maximum Gasteiger partial charge on any atom is 0.420 e. The van der Waals surface area contributed by atoms with Gasteiger partial charge in [0.15, 0.2) is 11.4 Å². The molecular formula is C15H14N4O5. The van der Waals surface area contributed by atoms with Crippen molar-refractivity contribution in [1.82, 2.24) is 19.6 Å². The summed E-state index contributed by atoms with van der Waals surface area (Å²) in [5, 5.41) is 3.79. The minimum Gasteiger partial charge on any atom is -0.408 e. The second-order valence-corrected chi connectivity index (χ2v) is 5.34. The van der Waals surface area contributed by atoms with Gasteiger partial charge in [-0.1, -0.05) is 17.3 Å². The molecule has 1 aromatic carbocycles. The maximum absolute atomic E-state index is 12.3. The van der Waals surface area contributed by atoms with Crippen LogP contribution in [0.25, 0.3) is 11.1 Å². The van der Waals surface area contributed by atoms with E-state index < -0.39 is 5.76 Å². The molecule has 2 aromatic heterocycles. The summed E-state index contributed by atoms with van der Waals surface area (Å²) in [4.78, 5) is 29.9. The van der Waals surface area contributed by atoms with Crippen LogP contribution < -0.4 is 5.76 Å². The van der Waals surface area contributed by atoms with E-state index in [4.69, 9.17) is 13.7 Å². The Labute approximate surface area is 135 Å². The molecule has 3 heterocycles. The van der Waals surface area contributed by atoms with Crippen LogP contribution in [0.15, 0.2) is 38.0 Å². The number of carbonyl (C=O) groups excluding carboxylic acids is 1. The van der Waals surface area contributed by atoms with Gasteiger partial charge < -0.3 is 18.6 Å². The van der Waals surface area contributed by atoms with Crippen molar-refractivity contribution in [2.45, 2.75) is 6.54 Å². The molecule has 0 bridgehead atoms. The predicted molar refractivity (Wildman–Crippen MR) is 80.6 cm³/mol. The summed E-state index contributed by atoms with van der Waals surface area (Å²) in [6, 6.07) is 7.05. The van der Waals surface area contributed by atoms with Crippen LogP contribution in [0.2, 0.25) is 0 Å². The molecule has 9 nitrogen and oxygen atoms in total. The zero-order chi connectivity index (χ0) is 16.5. The van der Waals surface area contributed by atoms with Crippen molar-refractivity contribution in [2.24, 2.45) is 0 Å². The van der Waals surface area contributed by atoms with Crippen LogP contribution in [0.3, 0.4) is 0 Å². The van der Waals surface area contributed by atoms with E-state index in [0.29, 0.717) is 37.4 Å². The number of amides is 1. The van der Waals surface area contributed by atoms with Gasteiger partial charge in [0.2, 0.25) is 0 Å². The molecule has 0 aliphatic carbocycles. The Bertz CT molecular complexity index is 935. The third-order valence-corrected chi connectivity index (χ3v) is 3.82. The first-order chi connectivity index (χ1) is 11.7. The predicted octanol–water partition coefficient (Wildman–Crippen LogP) is 0.498. The molecular weight excluding hydrogens is 316 g/mol. The maximum atomic E-state index is 12.3. The molecule has 3 aromatic rings. The fourth-order valence-electron chi connectivity index (χ4n) is 2.61. The van der Waals surface area contributed by atoms with E-state index in [2.05, 4.69) is 10.1 Å². The Morgan fingerprint density at radius 1 is 1.21 bits per heavy atom. The molecule has 0 spiro atoms. The van der Waals surface area contributed by atoms with Gasteiger partial charge in [0.25, 0.3) is 0 Å². The van der Waals surface area contributed by atoms with Crippen LogP contribution in [0.1, 0.15) is 16.5 Å². The number of oxazole rings is 1. The van der Waals surface area contributed by atoms with Gasteiger partial charge in [-0.2, -0.15) is 4.98 Å². The number of hydrogen-bond acceptors (Lipinski definition) is 7. The zero-order valence-corrected chi connectivity index (χ0v) is 12.7. The van der Waals surface area contributed by atoms with Gasteiger partial charge in [-0.15, -0.1) is 0 Å². The highest BCUT2D eigenvalue weighted by Gasteiger charge is 2.24. The second-order valence-electron chi connectivity index (χ2n) is 5.34. The third kappa shape index (κ3) is 2.58. The van der Waals surface area contributed by atoms with E-state index in [0.717, 1.165) is 0 Å². The molecule has 1 amide bonds. The van der Waals surface area contributed by atoms with Crippen molar-refractivity contribution in [1.29, 1.82) is 0 Å². The molecule has 1 saturated heterocycles. The van der Waals surface area contributed by atoms with E-state index in [1.807, 2.05) is 0 Å². The summed E-state index contributed by atoms with van der Waals surface area (Å²) in [5.74, 6) is -0.698. The van der Waals surface area contributed by atoms with Gasteiger partial charge >= 0.3 is 17.6 Å². The van der Waals surface area contributed by atoms with Crippen LogP contribution in [0.4, 0.5) is 0 Å². The lowest BCUT2D eigenvalue weighted by molar-refractivity contribution is 0.0272. The Kier molecular flexibility index (Phi) is 3.62. The molecule has 0 saturated carbocycles. The third-order valence-electron chi connectivity index (χ3n) is 3.82. The van der Waals surface area contributed by atoms with E-state index >= 15 is 0 Å². The first-order valence-corrected chi connectivity index (χ1v) is 7.50. The average molecular weight is 330 g/mol. The number of para-hydroxylation sites is 2. The van der Waals surface area contributed by atoms with Crippen LogP contribution in [-0.2, 0) is 11.3 Å². The molecule has 9 heteroatoms. The van der Waals surface area contributed by atoms with Gasteiger partial charge in [-0.05, 0) is 12.1 Å². The summed E-state index contributed by atoms with van der Waals surface area (Å²) in [6.45, 7) is 2.02. The Balaban J connectivity index is 1.57. The van der Waals surface area contributed by atoms with Crippen LogP contribution in [0.5, 0.6) is 0 Å². The molecule has 1 aliphatic rings. The van der Waals surface area contributed by atoms with E-state index in [1.54, 1.807) is 29.2 Å². The van der Waals surface area contributed by atoms with E-state index in [9.17, 15) is 9.59 Å². The lowest BCUT2D eigenvalue weighted by Crippen LogP contribution is -2.40. The number of nitrogens with zero attached hydrogens (tertiary/aromatic N) is 4. The van der Waals surface area contributed by atoms with Crippen molar-refractivity contribution in [2.75, 3.05) is 26.3 Å². The summed E-state index contributed by atoms with van der Waals surface area (Å²) >= 11 is 0. The first-order valence-electron chi connectivity index (χ1n) is 7.50. The van der Waals surface area contributed by atoms with Crippen LogP contribution >= 0.6 is 0 Å². The van der Waals surface area contributed by atoms with Crippen molar-refractivity contribution in [3.05, 3.63) is 46.5 Å². The number of benzene rings is 1. The SMILES string of the molecule is O=C(c1nc(Cn2c(=O)oc3ccccc32)no1)N1CCOCC1. The van der Waals surface area contributed by atoms with Gasteiger partial charge in [0.1, 0.15) is 0 Å². The summed E-state index contributed by atoms with van der Waals surface area (Å²) in [5.41, 5.74) is 1.11. The number of hydrogen-bond donors (Lipinski definition) is 0. The van der Waals surface area contributed by atoms with Crippen molar-refractivity contribution >= 4 is 17.0 Å². The normalized spacial score (nSPS) is 15.1. The fraction of sp³-hybridized carbons (Fsp3) is 0.333. The number of ether oxygens (including phenoxy) is 1. The quantitative estimate of drug-likeness (QED) is 0.688. The fourth-order valence-corrected chi connectivity index (χ4v) is 2.61. The van der Waals surface area contributed by atoms with Crippen LogP contribution in [0, 0.1) is 0 Å². The molecule has 0 radical (unpaired) electrons. The number of fused-ring (bicyclic) bond motifs is 1.